The van der Waals surface area contributed by atoms with E-state index >= 15 is 0 Å². The van der Waals surface area contributed by atoms with Crippen LogP contribution in [0.5, 0.6) is 0 Å². The first-order valence-electron chi connectivity index (χ1n) is 15.5. The molecule has 1 unspecified atom stereocenters. The quantitative estimate of drug-likeness (QED) is 0.196. The Balaban J connectivity index is 0.000000755. The van der Waals surface area contributed by atoms with E-state index in [9.17, 15) is 37.1 Å². The maximum absolute atomic E-state index is 14.1. The molecule has 0 spiro atoms. The third kappa shape index (κ3) is 9.13. The smallest absolute Gasteiger partial charge is 0.475 e. The Hall–Kier alpha value is -6.09. The summed E-state index contributed by atoms with van der Waals surface area (Å²) in [6.45, 7) is 2.56. The number of nitrogens with one attached hydrogen (secondary N) is 3. The monoisotopic (exact) mass is 705 g/mol. The van der Waals surface area contributed by atoms with Gasteiger partial charge in [0.1, 0.15) is 12.6 Å². The van der Waals surface area contributed by atoms with E-state index in [-0.39, 0.29) is 18.9 Å². The molecule has 4 aromatic carbocycles. The van der Waals surface area contributed by atoms with Gasteiger partial charge in [0.2, 0.25) is 11.8 Å². The predicted molar refractivity (Wildman–Crippen MR) is 184 cm³/mol. The number of aliphatic carboxylic acids is 1. The van der Waals surface area contributed by atoms with Crippen LogP contribution in [0.25, 0.3) is 10.8 Å². The molecule has 4 aromatic rings. The van der Waals surface area contributed by atoms with Crippen molar-refractivity contribution in [1.29, 1.82) is 0 Å². The first kappa shape index (κ1) is 37.7. The zero-order chi connectivity index (χ0) is 37.5. The van der Waals surface area contributed by atoms with Crippen LogP contribution >= 0.6 is 0 Å². The molecule has 0 bridgehead atoms. The number of carbonyl (C=O) groups is 6. The van der Waals surface area contributed by atoms with Crippen LogP contribution in [-0.4, -0.2) is 78.9 Å². The lowest BCUT2D eigenvalue weighted by Crippen LogP contribution is -2.56. The zero-order valence-electron chi connectivity index (χ0n) is 27.7. The van der Waals surface area contributed by atoms with Gasteiger partial charge in [0, 0.05) is 22.2 Å². The van der Waals surface area contributed by atoms with Gasteiger partial charge in [-0.2, -0.15) is 13.2 Å². The van der Waals surface area contributed by atoms with Crippen molar-refractivity contribution in [1.82, 2.24) is 10.6 Å². The highest BCUT2D eigenvalue weighted by Gasteiger charge is 2.39. The van der Waals surface area contributed by atoms with Crippen molar-refractivity contribution in [3.05, 3.63) is 102 Å². The number of para-hydroxylation sites is 2. The number of hydrogen-bond acceptors (Lipinski definition) is 7. The molecule has 12 nitrogen and oxygen atoms in total. The van der Waals surface area contributed by atoms with Crippen LogP contribution in [0.15, 0.2) is 91.0 Å². The number of ketones is 1. The van der Waals surface area contributed by atoms with E-state index in [0.29, 0.717) is 28.2 Å². The largest absolute Gasteiger partial charge is 0.490 e. The number of nitrogens with zero attached hydrogens (tertiary/aromatic N) is 2. The number of anilines is 3. The number of Topliss-reactive ketones (excluding diaryl/α,β-unsaturated/α-hetero) is 1. The van der Waals surface area contributed by atoms with E-state index in [1.54, 1.807) is 68.6 Å². The van der Waals surface area contributed by atoms with Gasteiger partial charge in [-0.3, -0.25) is 28.9 Å². The molecule has 1 aliphatic rings. The summed E-state index contributed by atoms with van der Waals surface area (Å²) in [6.07, 6.45) is -5.08. The van der Waals surface area contributed by atoms with Crippen LogP contribution in [-0.2, 0) is 19.2 Å². The number of alkyl halides is 3. The summed E-state index contributed by atoms with van der Waals surface area (Å²) in [5, 5.41) is 17.5. The number of carboxylic acids is 1. The molecule has 15 heteroatoms. The number of likely N-dealkylation sites (N-methyl/N-ethyl adjacent to an activating group) is 1. The first-order valence-corrected chi connectivity index (χ1v) is 15.5. The number of carbonyl (C=O) groups excluding carboxylic acids is 5. The summed E-state index contributed by atoms with van der Waals surface area (Å²) in [5.74, 6) is -4.73. The number of rotatable bonds is 8. The second-order valence-corrected chi connectivity index (χ2v) is 11.4. The molecule has 0 radical (unpaired) electrons. The highest BCUT2D eigenvalue weighted by Crippen LogP contribution is 2.34. The molecule has 0 saturated carbocycles. The van der Waals surface area contributed by atoms with Crippen LogP contribution < -0.4 is 25.8 Å². The van der Waals surface area contributed by atoms with Crippen molar-refractivity contribution in [2.45, 2.75) is 32.1 Å². The van der Waals surface area contributed by atoms with Crippen LogP contribution in [0, 0.1) is 0 Å². The number of hydrogen-bond donors (Lipinski definition) is 4. The molecule has 0 fully saturated rings. The molecule has 4 amide bonds. The Bertz CT molecular complexity index is 1960. The summed E-state index contributed by atoms with van der Waals surface area (Å²) < 4.78 is 31.7. The van der Waals surface area contributed by atoms with Crippen LogP contribution in [0.2, 0.25) is 0 Å². The van der Waals surface area contributed by atoms with Crippen LogP contribution in [0.1, 0.15) is 34.6 Å². The van der Waals surface area contributed by atoms with Gasteiger partial charge in [-0.25, -0.2) is 4.79 Å². The average Bonchev–Trinajstić information content (AvgIpc) is 3.21. The van der Waals surface area contributed by atoms with E-state index < -0.39 is 47.9 Å². The molecule has 0 aliphatic carbocycles. The zero-order valence-corrected chi connectivity index (χ0v) is 27.7. The molecule has 51 heavy (non-hydrogen) atoms. The van der Waals surface area contributed by atoms with Gasteiger partial charge in [-0.15, -0.1) is 0 Å². The molecule has 1 aliphatic heterocycles. The van der Waals surface area contributed by atoms with Crippen LogP contribution in [0.4, 0.5) is 30.2 Å². The van der Waals surface area contributed by atoms with Crippen molar-refractivity contribution in [2.24, 2.45) is 0 Å². The minimum atomic E-state index is -5.08. The highest BCUT2D eigenvalue weighted by molar-refractivity contribution is 6.15. The van der Waals surface area contributed by atoms with Crippen molar-refractivity contribution in [3.63, 3.8) is 0 Å². The summed E-state index contributed by atoms with van der Waals surface area (Å²) in [4.78, 5) is 77.9. The second-order valence-electron chi connectivity index (χ2n) is 11.4. The lowest BCUT2D eigenvalue weighted by Gasteiger charge is -2.26. The van der Waals surface area contributed by atoms with E-state index in [1.807, 2.05) is 36.4 Å². The van der Waals surface area contributed by atoms with E-state index in [0.717, 1.165) is 10.8 Å². The fraction of sp³-hybridized carbons (Fsp3) is 0.222. The van der Waals surface area contributed by atoms with Crippen molar-refractivity contribution < 1.29 is 47.0 Å². The van der Waals surface area contributed by atoms with Gasteiger partial charge in [0.25, 0.3) is 11.8 Å². The van der Waals surface area contributed by atoms with Crippen molar-refractivity contribution in [3.8, 4) is 0 Å². The van der Waals surface area contributed by atoms with Crippen LogP contribution in [0.3, 0.4) is 0 Å². The predicted octanol–water partition coefficient (Wildman–Crippen LogP) is 4.40. The SMILES string of the molecule is CN[C@@H](C)C(=O)NC1CN(C(=O)c2ccc(C(C)=O)cc2)c2ccccc2N(CC(=O)Nc2cccc3ccccc23)C1=O.O=C(O)C(F)(F)F. The number of fused-ring (bicyclic) bond motifs is 2. The molecule has 0 aromatic heterocycles. The Morgan fingerprint density at radius 3 is 2.04 bits per heavy atom. The number of halogens is 3. The number of carboxylic acid groups (broad SMARTS) is 1. The lowest BCUT2D eigenvalue weighted by molar-refractivity contribution is -0.192. The fourth-order valence-corrected chi connectivity index (χ4v) is 5.15. The minimum Gasteiger partial charge on any atom is -0.475 e. The summed E-state index contributed by atoms with van der Waals surface area (Å²) in [7, 11) is 1.62. The third-order valence-corrected chi connectivity index (χ3v) is 7.93. The molecule has 4 N–H and O–H groups in total. The van der Waals surface area contributed by atoms with E-state index in [2.05, 4.69) is 16.0 Å². The second kappa shape index (κ2) is 16.1. The molecule has 0 saturated heterocycles. The Morgan fingerprint density at radius 2 is 1.43 bits per heavy atom. The van der Waals surface area contributed by atoms with Crippen molar-refractivity contribution >= 4 is 63.2 Å². The maximum Gasteiger partial charge on any atom is 0.490 e. The highest BCUT2D eigenvalue weighted by atomic mass is 19.4. The lowest BCUT2D eigenvalue weighted by atomic mass is 10.1. The number of benzene rings is 4. The minimum absolute atomic E-state index is 0.131. The van der Waals surface area contributed by atoms with Gasteiger partial charge in [0.15, 0.2) is 5.78 Å². The van der Waals surface area contributed by atoms with Gasteiger partial charge >= 0.3 is 12.1 Å². The summed E-state index contributed by atoms with van der Waals surface area (Å²) >= 11 is 0. The average molecular weight is 706 g/mol. The topological polar surface area (TPSA) is 165 Å². The van der Waals surface area contributed by atoms with E-state index in [4.69, 9.17) is 9.90 Å². The molecule has 1 heterocycles. The molecular weight excluding hydrogens is 671 g/mol. The van der Waals surface area contributed by atoms with Crippen molar-refractivity contribution in [2.75, 3.05) is 35.3 Å². The molecule has 2 atom stereocenters. The molecule has 5 rings (SSSR count). The summed E-state index contributed by atoms with van der Waals surface area (Å²) in [5.41, 5.74) is 2.10. The van der Waals surface area contributed by atoms with E-state index in [1.165, 1.54) is 16.7 Å². The Labute approximate surface area is 290 Å². The van der Waals surface area contributed by atoms with Gasteiger partial charge in [0.05, 0.1) is 24.0 Å². The molecule has 266 valence electrons. The van der Waals surface area contributed by atoms with Gasteiger partial charge in [-0.05, 0) is 56.6 Å². The fourth-order valence-electron chi connectivity index (χ4n) is 5.15. The van der Waals surface area contributed by atoms with Gasteiger partial charge in [-0.1, -0.05) is 60.7 Å². The Kier molecular flexibility index (Phi) is 11.9. The standard InChI is InChI=1S/C34H33N5O5.C2HF3O2/c1-21(35-3)32(42)37-28-19-38(33(43)25-17-15-23(16-18-25)22(2)40)29-13-6-7-14-30(29)39(34(28)44)20-31(41)36-27-12-8-10-24-9-4-5-11-26(24)27;3-2(4,5)1(6)7/h4-18,21,28,35H,19-20H2,1-3H3,(H,36,41)(H,37,42);(H,6,7)/t21-,28?;/m0./s1. The maximum atomic E-state index is 14.1. The Morgan fingerprint density at radius 1 is 0.863 bits per heavy atom. The summed E-state index contributed by atoms with van der Waals surface area (Å²) in [6, 6.07) is 24.5. The first-order chi connectivity index (χ1) is 24.1. The normalized spacial score (nSPS) is 14.7. The van der Waals surface area contributed by atoms with Gasteiger partial charge < -0.3 is 26.0 Å². The third-order valence-electron chi connectivity index (χ3n) is 7.93. The molecular formula is C36H34F3N5O7. The number of amides is 4.